The van der Waals surface area contributed by atoms with Crippen LogP contribution in [0, 0.1) is 0 Å². The van der Waals surface area contributed by atoms with Gasteiger partial charge in [-0.3, -0.25) is 9.78 Å². The number of amides is 1. The minimum Gasteiger partial charge on any atom is -0.506 e. The molecule has 0 bridgehead atoms. The Hall–Kier alpha value is -2.76. The minimum absolute atomic E-state index is 0.0474. The summed E-state index contributed by atoms with van der Waals surface area (Å²) in [4.78, 5) is 15.7. The molecule has 6 heteroatoms. The summed E-state index contributed by atoms with van der Waals surface area (Å²) in [6.07, 6.45) is 2.66. The monoisotopic (exact) mass is 288 g/mol. The third-order valence-corrected chi connectivity index (χ3v) is 2.89. The molecular formula is C15H16N2O4. The molecule has 0 spiro atoms. The van der Waals surface area contributed by atoms with E-state index in [-0.39, 0.29) is 11.7 Å². The summed E-state index contributed by atoms with van der Waals surface area (Å²) < 4.78 is 10.4. The number of hydrogen-bond acceptors (Lipinski definition) is 5. The topological polar surface area (TPSA) is 80.7 Å². The van der Waals surface area contributed by atoms with E-state index in [1.165, 1.54) is 18.5 Å². The molecule has 110 valence electrons. The molecule has 2 aromatic rings. The number of benzene rings is 1. The first-order valence-electron chi connectivity index (χ1n) is 6.27. The number of carbonyl (C=O) groups excluding carboxylic acids is 1. The molecule has 1 aromatic carbocycles. The zero-order valence-corrected chi connectivity index (χ0v) is 11.8. The lowest BCUT2D eigenvalue weighted by molar-refractivity contribution is 0.0950. The van der Waals surface area contributed by atoms with Crippen LogP contribution in [0.25, 0.3) is 0 Å². The number of methoxy groups -OCH3 is 2. The van der Waals surface area contributed by atoms with Crippen LogP contribution in [0.2, 0.25) is 0 Å². The highest BCUT2D eigenvalue weighted by molar-refractivity contribution is 5.94. The van der Waals surface area contributed by atoms with E-state index in [1.807, 2.05) is 6.07 Å². The Morgan fingerprint density at radius 3 is 2.62 bits per heavy atom. The van der Waals surface area contributed by atoms with Gasteiger partial charge in [0.25, 0.3) is 5.91 Å². The van der Waals surface area contributed by atoms with E-state index in [9.17, 15) is 9.90 Å². The third kappa shape index (κ3) is 3.62. The Labute approximate surface area is 122 Å². The van der Waals surface area contributed by atoms with Gasteiger partial charge in [0.1, 0.15) is 5.75 Å². The molecule has 0 fully saturated rings. The highest BCUT2D eigenvalue weighted by Crippen LogP contribution is 2.27. The maximum absolute atomic E-state index is 11.9. The van der Waals surface area contributed by atoms with Gasteiger partial charge in [0, 0.05) is 12.7 Å². The van der Waals surface area contributed by atoms with Gasteiger partial charge in [-0.05, 0) is 23.8 Å². The smallest absolute Gasteiger partial charge is 0.253 e. The van der Waals surface area contributed by atoms with Gasteiger partial charge in [0.15, 0.2) is 11.5 Å². The number of aromatic hydroxyl groups is 1. The molecule has 1 heterocycles. The summed E-state index contributed by atoms with van der Waals surface area (Å²) >= 11 is 0. The Morgan fingerprint density at radius 1 is 1.19 bits per heavy atom. The summed E-state index contributed by atoms with van der Waals surface area (Å²) in [6, 6.07) is 6.76. The van der Waals surface area contributed by atoms with Gasteiger partial charge in [-0.2, -0.15) is 0 Å². The lowest BCUT2D eigenvalue weighted by Crippen LogP contribution is -2.22. The standard InChI is InChI=1S/C15H16N2O4/c1-20-13-4-3-10(5-14(13)21-2)7-17-15(19)11-6-12(18)9-16-8-11/h3-6,8-9,18H,7H2,1-2H3,(H,17,19). The maximum atomic E-state index is 11.9. The molecule has 0 unspecified atom stereocenters. The van der Waals surface area contributed by atoms with Gasteiger partial charge in [0.2, 0.25) is 0 Å². The normalized spacial score (nSPS) is 10.0. The lowest BCUT2D eigenvalue weighted by atomic mass is 10.2. The number of pyridine rings is 1. The van der Waals surface area contributed by atoms with Crippen LogP contribution in [-0.2, 0) is 6.54 Å². The van der Waals surface area contributed by atoms with E-state index in [1.54, 1.807) is 26.4 Å². The first-order chi connectivity index (χ1) is 10.1. The summed E-state index contributed by atoms with van der Waals surface area (Å²) in [5.74, 6) is 0.870. The molecule has 2 rings (SSSR count). The van der Waals surface area contributed by atoms with Crippen molar-refractivity contribution >= 4 is 5.91 Å². The van der Waals surface area contributed by atoms with Crippen molar-refractivity contribution in [1.29, 1.82) is 0 Å². The maximum Gasteiger partial charge on any atom is 0.253 e. The second-order valence-electron chi connectivity index (χ2n) is 4.30. The summed E-state index contributed by atoms with van der Waals surface area (Å²) in [5.41, 5.74) is 1.17. The van der Waals surface area contributed by atoms with E-state index < -0.39 is 0 Å². The quantitative estimate of drug-likeness (QED) is 0.876. The van der Waals surface area contributed by atoms with Gasteiger partial charge in [-0.15, -0.1) is 0 Å². The fraction of sp³-hybridized carbons (Fsp3) is 0.200. The van der Waals surface area contributed by atoms with Crippen molar-refractivity contribution in [2.45, 2.75) is 6.54 Å². The van der Waals surface area contributed by atoms with Crippen molar-refractivity contribution in [2.24, 2.45) is 0 Å². The first-order valence-corrected chi connectivity index (χ1v) is 6.27. The summed E-state index contributed by atoms with van der Waals surface area (Å²) in [7, 11) is 3.12. The zero-order chi connectivity index (χ0) is 15.2. The van der Waals surface area contributed by atoms with Crippen molar-refractivity contribution in [2.75, 3.05) is 14.2 Å². The Morgan fingerprint density at radius 2 is 1.95 bits per heavy atom. The Balaban J connectivity index is 2.04. The number of aromatic nitrogens is 1. The van der Waals surface area contributed by atoms with E-state index >= 15 is 0 Å². The van der Waals surface area contributed by atoms with Gasteiger partial charge < -0.3 is 19.9 Å². The molecule has 2 N–H and O–H groups in total. The molecule has 1 aromatic heterocycles. The molecule has 21 heavy (non-hydrogen) atoms. The SMILES string of the molecule is COc1ccc(CNC(=O)c2cncc(O)c2)cc1OC. The van der Waals surface area contributed by atoms with Crippen LogP contribution in [0.4, 0.5) is 0 Å². The molecule has 6 nitrogen and oxygen atoms in total. The molecule has 0 aliphatic rings. The zero-order valence-electron chi connectivity index (χ0n) is 11.8. The van der Waals surface area contributed by atoms with Crippen LogP contribution in [0.15, 0.2) is 36.7 Å². The van der Waals surface area contributed by atoms with Crippen molar-refractivity contribution in [3.05, 3.63) is 47.8 Å². The molecule has 1 amide bonds. The van der Waals surface area contributed by atoms with Crippen molar-refractivity contribution in [3.8, 4) is 17.2 Å². The molecule has 0 atom stereocenters. The Bertz CT molecular complexity index is 643. The fourth-order valence-electron chi connectivity index (χ4n) is 1.83. The predicted octanol–water partition coefficient (Wildman–Crippen LogP) is 1.73. The van der Waals surface area contributed by atoms with E-state index in [0.29, 0.717) is 23.6 Å². The number of carbonyl (C=O) groups is 1. The number of ether oxygens (including phenoxy) is 2. The molecule has 0 saturated heterocycles. The number of hydrogen-bond donors (Lipinski definition) is 2. The van der Waals surface area contributed by atoms with Gasteiger partial charge >= 0.3 is 0 Å². The van der Waals surface area contributed by atoms with E-state index in [2.05, 4.69) is 10.3 Å². The summed E-state index contributed by atoms with van der Waals surface area (Å²) in [6.45, 7) is 0.328. The Kier molecular flexibility index (Phi) is 4.61. The largest absolute Gasteiger partial charge is 0.506 e. The van der Waals surface area contributed by atoms with Crippen LogP contribution in [0.1, 0.15) is 15.9 Å². The predicted molar refractivity (Wildman–Crippen MR) is 76.6 cm³/mol. The fourth-order valence-corrected chi connectivity index (χ4v) is 1.83. The van der Waals surface area contributed by atoms with Crippen LogP contribution >= 0.6 is 0 Å². The second kappa shape index (κ2) is 6.60. The molecule has 0 aliphatic carbocycles. The second-order valence-corrected chi connectivity index (χ2v) is 4.30. The third-order valence-electron chi connectivity index (χ3n) is 2.89. The number of rotatable bonds is 5. The molecule has 0 radical (unpaired) electrons. The molecule has 0 aliphatic heterocycles. The van der Waals surface area contributed by atoms with Gasteiger partial charge in [-0.1, -0.05) is 6.07 Å². The highest BCUT2D eigenvalue weighted by Gasteiger charge is 2.08. The molecule has 0 saturated carbocycles. The average Bonchev–Trinajstić information content (AvgIpc) is 2.52. The number of nitrogens with one attached hydrogen (secondary N) is 1. The number of nitrogens with zero attached hydrogens (tertiary/aromatic N) is 1. The summed E-state index contributed by atoms with van der Waals surface area (Å²) in [5, 5.41) is 12.0. The van der Waals surface area contributed by atoms with Gasteiger partial charge in [0.05, 0.1) is 26.0 Å². The van der Waals surface area contributed by atoms with Crippen molar-refractivity contribution in [3.63, 3.8) is 0 Å². The average molecular weight is 288 g/mol. The van der Waals surface area contributed by atoms with Crippen LogP contribution < -0.4 is 14.8 Å². The van der Waals surface area contributed by atoms with Crippen molar-refractivity contribution in [1.82, 2.24) is 10.3 Å². The lowest BCUT2D eigenvalue weighted by Gasteiger charge is -2.10. The van der Waals surface area contributed by atoms with Crippen LogP contribution in [-0.4, -0.2) is 30.2 Å². The van der Waals surface area contributed by atoms with Crippen LogP contribution in [0.5, 0.6) is 17.2 Å². The van der Waals surface area contributed by atoms with E-state index in [4.69, 9.17) is 9.47 Å². The van der Waals surface area contributed by atoms with Crippen LogP contribution in [0.3, 0.4) is 0 Å². The highest BCUT2D eigenvalue weighted by atomic mass is 16.5. The van der Waals surface area contributed by atoms with E-state index in [0.717, 1.165) is 5.56 Å². The first kappa shape index (κ1) is 14.6. The van der Waals surface area contributed by atoms with Crippen molar-refractivity contribution < 1.29 is 19.4 Å². The van der Waals surface area contributed by atoms with Gasteiger partial charge in [-0.25, -0.2) is 0 Å². The molecular weight excluding hydrogens is 272 g/mol. The minimum atomic E-state index is -0.312.